The first-order valence-corrected chi connectivity index (χ1v) is 7.43. The van der Waals surface area contributed by atoms with Gasteiger partial charge in [0.25, 0.3) is 5.52 Å². The lowest BCUT2D eigenvalue weighted by Crippen LogP contribution is -2.46. The molecule has 0 spiro atoms. The normalized spacial score (nSPS) is 10.7. The number of carbonyl (C=O) groups excluding carboxylic acids is 1. The number of nitrogens with zero attached hydrogens (tertiary/aromatic N) is 4. The number of rotatable bonds is 5. The molecule has 25 heavy (non-hydrogen) atoms. The molecule has 2 aromatic rings. The molecule has 0 bridgehead atoms. The van der Waals surface area contributed by atoms with Gasteiger partial charge >= 0.3 is 17.5 Å². The maximum absolute atomic E-state index is 13.3. The zero-order valence-corrected chi connectivity index (χ0v) is 13.7. The summed E-state index contributed by atoms with van der Waals surface area (Å²) in [5.41, 5.74) is -1.10. The first-order valence-electron chi connectivity index (χ1n) is 7.43. The highest BCUT2D eigenvalue weighted by Gasteiger charge is 2.29. The van der Waals surface area contributed by atoms with E-state index >= 15 is 0 Å². The number of nitriles is 1. The largest absolute Gasteiger partial charge is 0.710 e. The van der Waals surface area contributed by atoms with Gasteiger partial charge in [-0.1, -0.05) is 0 Å². The van der Waals surface area contributed by atoms with Gasteiger partial charge in [-0.15, -0.1) is 4.73 Å². The van der Waals surface area contributed by atoms with Crippen molar-refractivity contribution < 1.29 is 18.6 Å². The molecule has 0 aliphatic rings. The van der Waals surface area contributed by atoms with Gasteiger partial charge in [0.2, 0.25) is 5.52 Å². The van der Waals surface area contributed by atoms with Gasteiger partial charge in [-0.2, -0.15) is 10.6 Å². The van der Waals surface area contributed by atoms with E-state index in [1.165, 1.54) is 0 Å². The Labute approximate surface area is 143 Å². The molecule has 2 N–H and O–H groups in total. The predicted octanol–water partition coefficient (Wildman–Crippen LogP) is 0.191. The lowest BCUT2D eigenvalue weighted by Gasteiger charge is -2.13. The van der Waals surface area contributed by atoms with Crippen molar-refractivity contribution in [2.75, 3.05) is 32.5 Å². The number of hydrogen-bond donors (Lipinski definition) is 2. The fourth-order valence-corrected chi connectivity index (χ4v) is 2.22. The number of anilines is 1. The van der Waals surface area contributed by atoms with Crippen molar-refractivity contribution in [2.45, 2.75) is 6.42 Å². The summed E-state index contributed by atoms with van der Waals surface area (Å²) in [5, 5.41) is 38.5. The van der Waals surface area contributed by atoms with E-state index in [1.807, 2.05) is 19.0 Å². The van der Waals surface area contributed by atoms with Gasteiger partial charge in [-0.05, 0) is 39.2 Å². The van der Waals surface area contributed by atoms with Crippen LogP contribution in [0.15, 0.2) is 18.2 Å². The molecule has 0 radical (unpaired) electrons. The number of carbonyl (C=O) groups is 1. The molecule has 0 aliphatic carbocycles. The summed E-state index contributed by atoms with van der Waals surface area (Å²) in [7, 11) is 3.79. The van der Waals surface area contributed by atoms with Crippen LogP contribution in [0, 0.1) is 27.6 Å². The maximum atomic E-state index is 13.3. The summed E-state index contributed by atoms with van der Waals surface area (Å²) in [6, 6.07) is 3.80. The second-order valence-corrected chi connectivity index (χ2v) is 5.57. The minimum atomic E-state index is -0.722. The molecule has 0 saturated carbocycles. The zero-order valence-electron chi connectivity index (χ0n) is 13.7. The molecule has 132 valence electrons. The molecule has 0 unspecified atom stereocenters. The summed E-state index contributed by atoms with van der Waals surface area (Å²) >= 11 is 0. The van der Waals surface area contributed by atoms with Gasteiger partial charge < -0.3 is 20.6 Å². The SMILES string of the molecule is CN(C)CCCNC(=O)Nc1c(C#N)[n+]([O-])c2cc(F)ccc2[n+]1[O-]. The zero-order chi connectivity index (χ0) is 18.6. The van der Waals surface area contributed by atoms with Gasteiger partial charge in [-0.3, -0.25) is 0 Å². The molecule has 1 aromatic heterocycles. The van der Waals surface area contributed by atoms with Crippen LogP contribution in [-0.4, -0.2) is 38.1 Å². The van der Waals surface area contributed by atoms with Gasteiger partial charge in [0.05, 0.1) is 6.07 Å². The third kappa shape index (κ3) is 4.02. The van der Waals surface area contributed by atoms with E-state index in [2.05, 4.69) is 10.6 Å². The van der Waals surface area contributed by atoms with E-state index in [9.17, 15) is 19.6 Å². The van der Waals surface area contributed by atoms with Crippen molar-refractivity contribution in [3.8, 4) is 6.07 Å². The summed E-state index contributed by atoms with van der Waals surface area (Å²) in [5.74, 6) is -1.23. The number of hydrogen-bond acceptors (Lipinski definition) is 5. The number of amides is 2. The molecule has 0 fully saturated rings. The lowest BCUT2D eigenvalue weighted by molar-refractivity contribution is -0.620. The molecule has 0 atom stereocenters. The summed E-state index contributed by atoms with van der Waals surface area (Å²) in [4.78, 5) is 13.9. The minimum Gasteiger partial charge on any atom is -0.710 e. The van der Waals surface area contributed by atoms with Crippen LogP contribution in [0.25, 0.3) is 11.0 Å². The predicted molar refractivity (Wildman–Crippen MR) is 86.7 cm³/mol. The number of urea groups is 1. The number of aromatic nitrogens is 2. The Hall–Kier alpha value is -3.19. The third-order valence-electron chi connectivity index (χ3n) is 3.41. The highest BCUT2D eigenvalue weighted by molar-refractivity contribution is 5.88. The lowest BCUT2D eigenvalue weighted by atomic mass is 10.2. The molecular formula is C15H17FN6O3. The highest BCUT2D eigenvalue weighted by atomic mass is 19.1. The molecule has 1 heterocycles. The fourth-order valence-electron chi connectivity index (χ4n) is 2.22. The van der Waals surface area contributed by atoms with E-state index in [0.717, 1.165) is 24.7 Å². The van der Waals surface area contributed by atoms with E-state index < -0.39 is 23.4 Å². The van der Waals surface area contributed by atoms with Gasteiger partial charge in [0.15, 0.2) is 6.07 Å². The first kappa shape index (κ1) is 18.2. The molecule has 2 amide bonds. The van der Waals surface area contributed by atoms with Crippen LogP contribution in [0.2, 0.25) is 0 Å². The van der Waals surface area contributed by atoms with Crippen molar-refractivity contribution in [2.24, 2.45) is 0 Å². The topological polar surface area (TPSA) is 122 Å². The van der Waals surface area contributed by atoms with Crippen molar-refractivity contribution >= 4 is 22.9 Å². The Morgan fingerprint density at radius 2 is 2.04 bits per heavy atom. The van der Waals surface area contributed by atoms with E-state index in [1.54, 1.807) is 6.07 Å². The Bertz CT molecular complexity index is 850. The second-order valence-electron chi connectivity index (χ2n) is 5.57. The van der Waals surface area contributed by atoms with Crippen molar-refractivity contribution in [3.63, 3.8) is 0 Å². The molecular weight excluding hydrogens is 331 g/mol. The Morgan fingerprint density at radius 1 is 1.32 bits per heavy atom. The van der Waals surface area contributed by atoms with Crippen LogP contribution in [0.1, 0.15) is 12.1 Å². The van der Waals surface area contributed by atoms with Crippen LogP contribution in [-0.2, 0) is 0 Å². The van der Waals surface area contributed by atoms with Crippen LogP contribution in [0.5, 0.6) is 0 Å². The van der Waals surface area contributed by atoms with E-state index in [-0.39, 0.29) is 20.5 Å². The Balaban J connectivity index is 2.29. The second kappa shape index (κ2) is 7.59. The number of fused-ring (bicyclic) bond motifs is 1. The Morgan fingerprint density at radius 3 is 2.68 bits per heavy atom. The summed E-state index contributed by atoms with van der Waals surface area (Å²) in [6.07, 6.45) is 0.682. The number of nitrogens with one attached hydrogen (secondary N) is 2. The summed E-state index contributed by atoms with van der Waals surface area (Å²) < 4.78 is 13.6. The summed E-state index contributed by atoms with van der Waals surface area (Å²) in [6.45, 7) is 1.11. The monoisotopic (exact) mass is 348 g/mol. The maximum Gasteiger partial charge on any atom is 0.406 e. The minimum absolute atomic E-state index is 0.120. The Kier molecular flexibility index (Phi) is 5.51. The fraction of sp³-hybridized carbons (Fsp3) is 0.333. The van der Waals surface area contributed by atoms with E-state index in [4.69, 9.17) is 5.26 Å². The van der Waals surface area contributed by atoms with E-state index in [0.29, 0.717) is 13.0 Å². The molecule has 0 aliphatic heterocycles. The molecule has 2 rings (SSSR count). The quantitative estimate of drug-likeness (QED) is 0.454. The van der Waals surface area contributed by atoms with Gasteiger partial charge in [-0.25, -0.2) is 13.9 Å². The van der Waals surface area contributed by atoms with Gasteiger partial charge in [0.1, 0.15) is 5.82 Å². The average molecular weight is 348 g/mol. The third-order valence-corrected chi connectivity index (χ3v) is 3.41. The van der Waals surface area contributed by atoms with Crippen molar-refractivity contribution in [1.29, 1.82) is 5.26 Å². The molecule has 0 saturated heterocycles. The van der Waals surface area contributed by atoms with Crippen LogP contribution in [0.4, 0.5) is 15.0 Å². The number of halogens is 1. The van der Waals surface area contributed by atoms with Crippen molar-refractivity contribution in [3.05, 3.63) is 40.1 Å². The van der Waals surface area contributed by atoms with Crippen LogP contribution < -0.4 is 20.1 Å². The van der Waals surface area contributed by atoms with Crippen molar-refractivity contribution in [1.82, 2.24) is 10.2 Å². The van der Waals surface area contributed by atoms with Gasteiger partial charge in [0, 0.05) is 6.54 Å². The van der Waals surface area contributed by atoms with Crippen LogP contribution >= 0.6 is 0 Å². The van der Waals surface area contributed by atoms with Crippen LogP contribution in [0.3, 0.4) is 0 Å². The average Bonchev–Trinajstić information content (AvgIpc) is 2.56. The molecule has 10 heteroatoms. The molecule has 9 nitrogen and oxygen atoms in total. The standard InChI is InChI=1S/C15H17FN6O3/c1-20(2)7-3-6-18-15(23)19-14-13(9-17)21(24)12-8-10(16)4-5-11(12)22(14)25/h4-5,8H,3,6-7H2,1-2H3,(H2,18,19,23). The number of benzene rings is 1. The first-order chi connectivity index (χ1) is 11.8. The molecule has 1 aromatic carbocycles. The smallest absolute Gasteiger partial charge is 0.406 e. The highest BCUT2D eigenvalue weighted by Crippen LogP contribution is 2.14.